The number of nitrogens with one attached hydrogen (secondary N) is 1. The van der Waals surface area contributed by atoms with Crippen LogP contribution in [0.2, 0.25) is 0 Å². The molecule has 3 N–H and O–H groups in total. The van der Waals surface area contributed by atoms with E-state index in [-0.39, 0.29) is 11.3 Å². The van der Waals surface area contributed by atoms with Crippen molar-refractivity contribution in [3.63, 3.8) is 0 Å². The van der Waals surface area contributed by atoms with Crippen molar-refractivity contribution >= 4 is 15.8 Å². The van der Waals surface area contributed by atoms with Crippen LogP contribution in [0.25, 0.3) is 0 Å². The van der Waals surface area contributed by atoms with E-state index in [2.05, 4.69) is 5.32 Å². The molecule has 0 aliphatic rings. The second kappa shape index (κ2) is 5.19. The number of nitrogens with zero attached hydrogens (tertiary/aromatic N) is 2. The number of anilines is 1. The van der Waals surface area contributed by atoms with Crippen LogP contribution in [-0.2, 0) is 10.1 Å². The van der Waals surface area contributed by atoms with E-state index in [0.29, 0.717) is 0 Å². The van der Waals surface area contributed by atoms with Crippen molar-refractivity contribution in [1.82, 2.24) is 0 Å². The Hall–Kier alpha value is -2.55. The number of benzene rings is 1. The number of phenolic OH excluding ortho intramolecular Hbond substituents is 1. The number of rotatable bonds is 3. The lowest BCUT2D eigenvalue weighted by Gasteiger charge is -2.04. The number of phenols is 1. The third-order valence-electron chi connectivity index (χ3n) is 1.86. The molecule has 0 heterocycles. The molecule has 7 nitrogen and oxygen atoms in total. The summed E-state index contributed by atoms with van der Waals surface area (Å²) >= 11 is 0. The van der Waals surface area contributed by atoms with Gasteiger partial charge in [-0.15, -0.1) is 0 Å². The van der Waals surface area contributed by atoms with Gasteiger partial charge < -0.3 is 10.4 Å². The Morgan fingerprint density at radius 2 is 1.94 bits per heavy atom. The van der Waals surface area contributed by atoms with Crippen LogP contribution in [0.4, 0.5) is 5.69 Å². The van der Waals surface area contributed by atoms with E-state index < -0.39 is 20.8 Å². The molecule has 1 aromatic carbocycles. The van der Waals surface area contributed by atoms with Gasteiger partial charge in [-0.1, -0.05) is 0 Å². The lowest BCUT2D eigenvalue weighted by atomic mass is 10.3. The Labute approximate surface area is 103 Å². The number of hydrogen-bond donors (Lipinski definition) is 3. The van der Waals surface area contributed by atoms with Gasteiger partial charge >= 0.3 is 0 Å². The summed E-state index contributed by atoms with van der Waals surface area (Å²) in [5.74, 6) is -0.647. The summed E-state index contributed by atoms with van der Waals surface area (Å²) in [4.78, 5) is -0.627. The minimum Gasteiger partial charge on any atom is -0.506 e. The van der Waals surface area contributed by atoms with E-state index in [1.807, 2.05) is 0 Å². The van der Waals surface area contributed by atoms with Crippen LogP contribution in [0, 0.1) is 22.7 Å². The van der Waals surface area contributed by atoms with Crippen molar-refractivity contribution in [2.24, 2.45) is 0 Å². The fraction of sp³-hybridized carbons (Fsp3) is 0. The van der Waals surface area contributed by atoms with Gasteiger partial charge in [0.2, 0.25) is 0 Å². The summed E-state index contributed by atoms with van der Waals surface area (Å²) in [5, 5.41) is 28.8. The molecule has 0 aliphatic heterocycles. The third kappa shape index (κ3) is 3.22. The molecule has 0 aromatic heterocycles. The maximum Gasteiger partial charge on any atom is 0.298 e. The molecule has 8 heteroatoms. The molecule has 0 saturated carbocycles. The quantitative estimate of drug-likeness (QED) is 0.547. The van der Waals surface area contributed by atoms with Gasteiger partial charge in [-0.2, -0.15) is 18.9 Å². The summed E-state index contributed by atoms with van der Waals surface area (Å²) in [6.45, 7) is 0. The van der Waals surface area contributed by atoms with Crippen LogP contribution < -0.4 is 5.32 Å². The summed E-state index contributed by atoms with van der Waals surface area (Å²) in [7, 11) is -4.49. The van der Waals surface area contributed by atoms with Crippen LogP contribution in [0.15, 0.2) is 34.9 Å². The molecule has 0 unspecified atom stereocenters. The van der Waals surface area contributed by atoms with Gasteiger partial charge in [0.05, 0.1) is 0 Å². The minimum atomic E-state index is -4.49. The van der Waals surface area contributed by atoms with Gasteiger partial charge in [0.25, 0.3) is 10.1 Å². The Kier molecular flexibility index (Phi) is 3.89. The fourth-order valence-electron chi connectivity index (χ4n) is 1.07. The highest BCUT2D eigenvalue weighted by molar-refractivity contribution is 7.86. The molecule has 0 aliphatic carbocycles. The molecule has 92 valence electrons. The average Bonchev–Trinajstić information content (AvgIpc) is 2.28. The zero-order valence-electron chi connectivity index (χ0n) is 8.82. The molecule has 1 rings (SSSR count). The summed E-state index contributed by atoms with van der Waals surface area (Å²) in [6.07, 6.45) is 1.10. The van der Waals surface area contributed by atoms with Crippen molar-refractivity contribution < 1.29 is 18.1 Å². The first-order valence-electron chi connectivity index (χ1n) is 4.46. The Balaban J connectivity index is 3.05. The van der Waals surface area contributed by atoms with Crippen LogP contribution in [0.3, 0.4) is 0 Å². The van der Waals surface area contributed by atoms with E-state index in [0.717, 1.165) is 18.3 Å². The van der Waals surface area contributed by atoms with Crippen LogP contribution in [0.1, 0.15) is 0 Å². The first-order chi connectivity index (χ1) is 8.38. The van der Waals surface area contributed by atoms with Crippen molar-refractivity contribution in [2.75, 3.05) is 5.32 Å². The monoisotopic (exact) mass is 265 g/mol. The Morgan fingerprint density at radius 1 is 1.33 bits per heavy atom. The number of hydrogen-bond acceptors (Lipinski definition) is 6. The zero-order valence-corrected chi connectivity index (χ0v) is 9.64. The lowest BCUT2D eigenvalue weighted by molar-refractivity contribution is 0.443. The van der Waals surface area contributed by atoms with E-state index in [4.69, 9.17) is 15.1 Å². The topological polar surface area (TPSA) is 134 Å². The highest BCUT2D eigenvalue weighted by atomic mass is 32.2. The molecular formula is C10H7N3O4S. The van der Waals surface area contributed by atoms with Crippen molar-refractivity contribution in [2.45, 2.75) is 4.90 Å². The highest BCUT2D eigenvalue weighted by Gasteiger charge is 2.15. The average molecular weight is 265 g/mol. The predicted molar refractivity (Wildman–Crippen MR) is 60.9 cm³/mol. The smallest absolute Gasteiger partial charge is 0.298 e. The van der Waals surface area contributed by atoms with Gasteiger partial charge in [0, 0.05) is 18.0 Å². The van der Waals surface area contributed by atoms with E-state index in [1.54, 1.807) is 12.1 Å². The molecule has 1 aromatic rings. The van der Waals surface area contributed by atoms with Gasteiger partial charge in [-0.25, -0.2) is 0 Å². The van der Waals surface area contributed by atoms with E-state index >= 15 is 0 Å². The summed E-state index contributed by atoms with van der Waals surface area (Å²) in [5.41, 5.74) is 0.0660. The SMILES string of the molecule is N#CC(C#N)=CNc1ccc(S(=O)(=O)O)c(O)c1. The zero-order chi connectivity index (χ0) is 13.8. The number of allylic oxidation sites excluding steroid dienone is 1. The summed E-state index contributed by atoms with van der Waals surface area (Å²) < 4.78 is 30.4. The molecule has 0 fully saturated rings. The standard InChI is InChI=1S/C10H7N3O4S/c11-4-7(5-12)6-13-8-1-2-10(9(14)3-8)18(15,16)17/h1-3,6,13-14H,(H,15,16,17). The molecule has 0 amide bonds. The number of nitriles is 2. The molecule has 0 bridgehead atoms. The first kappa shape index (κ1) is 13.5. The minimum absolute atomic E-state index is 0.187. The fourth-order valence-corrected chi connectivity index (χ4v) is 1.63. The van der Waals surface area contributed by atoms with Crippen molar-refractivity contribution in [1.29, 1.82) is 10.5 Å². The number of aromatic hydroxyl groups is 1. The molecular weight excluding hydrogens is 258 g/mol. The maximum absolute atomic E-state index is 10.8. The molecule has 0 saturated heterocycles. The molecule has 0 radical (unpaired) electrons. The first-order valence-corrected chi connectivity index (χ1v) is 5.90. The van der Waals surface area contributed by atoms with Crippen molar-refractivity contribution in [3.05, 3.63) is 30.0 Å². The van der Waals surface area contributed by atoms with Gasteiger partial charge in [-0.3, -0.25) is 4.55 Å². The molecule has 0 spiro atoms. The van der Waals surface area contributed by atoms with Gasteiger partial charge in [0.1, 0.15) is 28.4 Å². The molecule has 18 heavy (non-hydrogen) atoms. The maximum atomic E-state index is 10.8. The largest absolute Gasteiger partial charge is 0.506 e. The second-order valence-corrected chi connectivity index (χ2v) is 4.47. The van der Waals surface area contributed by atoms with Gasteiger partial charge in [-0.05, 0) is 12.1 Å². The highest BCUT2D eigenvalue weighted by Crippen LogP contribution is 2.25. The van der Waals surface area contributed by atoms with Crippen molar-refractivity contribution in [3.8, 4) is 17.9 Å². The predicted octanol–water partition coefficient (Wildman–Crippen LogP) is 0.982. The molecule has 0 atom stereocenters. The summed E-state index contributed by atoms with van der Waals surface area (Å²) in [6, 6.07) is 6.50. The second-order valence-electron chi connectivity index (χ2n) is 3.08. The Bertz CT molecular complexity index is 664. The van der Waals surface area contributed by atoms with Crippen LogP contribution >= 0.6 is 0 Å². The normalized spacial score (nSPS) is 9.94. The Morgan fingerprint density at radius 3 is 2.39 bits per heavy atom. The lowest BCUT2D eigenvalue weighted by Crippen LogP contribution is -1.99. The van der Waals surface area contributed by atoms with Gasteiger partial charge in [0.15, 0.2) is 0 Å². The van der Waals surface area contributed by atoms with E-state index in [9.17, 15) is 13.5 Å². The van der Waals surface area contributed by atoms with Crippen LogP contribution in [-0.4, -0.2) is 18.1 Å². The van der Waals surface area contributed by atoms with Crippen LogP contribution in [0.5, 0.6) is 5.75 Å². The third-order valence-corrected chi connectivity index (χ3v) is 2.76. The van der Waals surface area contributed by atoms with E-state index in [1.165, 1.54) is 6.07 Å².